The number of hydrogen-bond donors (Lipinski definition) is 3. The molecule has 0 amide bonds. The minimum Gasteiger partial charge on any atom is -0.493 e. The van der Waals surface area contributed by atoms with Crippen molar-refractivity contribution in [2.75, 3.05) is 27.4 Å². The summed E-state index contributed by atoms with van der Waals surface area (Å²) in [5.74, 6) is 1.16. The first-order chi connectivity index (χ1) is 15.3. The number of aliphatic hydroxyl groups is 3. The average Bonchev–Trinajstić information content (AvgIpc) is 2.80. The Bertz CT molecular complexity index is 1110. The van der Waals surface area contributed by atoms with E-state index in [1.807, 2.05) is 0 Å². The minimum atomic E-state index is -2.00. The fraction of sp³-hybridized carbons (Fsp3) is 0.435. The molecule has 0 aliphatic carbocycles. The van der Waals surface area contributed by atoms with Crippen LogP contribution >= 0.6 is 0 Å². The summed E-state index contributed by atoms with van der Waals surface area (Å²) in [4.78, 5) is 13.6. The van der Waals surface area contributed by atoms with Gasteiger partial charge in [-0.15, -0.1) is 0 Å². The van der Waals surface area contributed by atoms with Gasteiger partial charge in [0.2, 0.25) is 5.78 Å². The monoisotopic (exact) mass is 444 g/mol. The predicted octanol–water partition coefficient (Wildman–Crippen LogP) is 0.974. The molecule has 0 fully saturated rings. The fourth-order valence-electron chi connectivity index (χ4n) is 4.55. The number of Topliss-reactive ketones (excluding diaryl/α,β-unsaturated/α-hetero) is 1. The van der Waals surface area contributed by atoms with Crippen LogP contribution in [-0.4, -0.2) is 66.3 Å². The third kappa shape index (κ3) is 2.65. The topological polar surface area (TPSA) is 124 Å². The number of hydrogen-bond acceptors (Lipinski definition) is 9. The zero-order valence-corrected chi connectivity index (χ0v) is 17.9. The Morgan fingerprint density at radius 2 is 1.88 bits per heavy atom. The Morgan fingerprint density at radius 3 is 2.56 bits per heavy atom. The van der Waals surface area contributed by atoms with Crippen molar-refractivity contribution in [1.29, 1.82) is 0 Å². The highest BCUT2D eigenvalue weighted by atomic mass is 16.6. The number of ketones is 1. The second-order valence-electron chi connectivity index (χ2n) is 8.43. The number of aliphatic hydroxyl groups excluding tert-OH is 2. The Labute approximate surface area is 184 Å². The van der Waals surface area contributed by atoms with Gasteiger partial charge in [-0.05, 0) is 25.1 Å². The lowest BCUT2D eigenvalue weighted by atomic mass is 9.76. The van der Waals surface area contributed by atoms with Gasteiger partial charge >= 0.3 is 0 Å². The van der Waals surface area contributed by atoms with E-state index >= 15 is 0 Å². The molecular formula is C23H24O9. The molecular weight excluding hydrogens is 420 g/mol. The van der Waals surface area contributed by atoms with Crippen molar-refractivity contribution < 1.29 is 43.8 Å². The second kappa shape index (κ2) is 6.99. The van der Waals surface area contributed by atoms with E-state index in [9.17, 15) is 20.1 Å². The molecule has 0 bridgehead atoms. The molecule has 3 aliphatic heterocycles. The number of carbonyl (C=O) groups excluding carboxylic acids is 1. The van der Waals surface area contributed by atoms with Crippen molar-refractivity contribution in [1.82, 2.24) is 0 Å². The van der Waals surface area contributed by atoms with Crippen molar-refractivity contribution in [3.05, 3.63) is 41.0 Å². The molecule has 0 unspecified atom stereocenters. The van der Waals surface area contributed by atoms with Crippen LogP contribution in [0.25, 0.3) is 0 Å². The fourth-order valence-corrected chi connectivity index (χ4v) is 4.55. The minimum absolute atomic E-state index is 0.0778. The number of carbonyl (C=O) groups is 1. The van der Waals surface area contributed by atoms with Gasteiger partial charge in [-0.25, -0.2) is 0 Å². The summed E-state index contributed by atoms with van der Waals surface area (Å²) in [5.41, 5.74) is -2.25. The van der Waals surface area contributed by atoms with Crippen LogP contribution in [0.15, 0.2) is 24.3 Å². The molecule has 9 heteroatoms. The summed E-state index contributed by atoms with van der Waals surface area (Å²) in [6.07, 6.45) is -1.91. The predicted molar refractivity (Wildman–Crippen MR) is 110 cm³/mol. The standard InChI is InChI=1S/C23H24O9/c1-22(10-24)18(25)6-12-14(32-22)5-4-11-20(12)31-19-9-30-15-8-17(29-3)16(28-2)7-13(15)23(19,27)21(11)26/h4-5,7-8,18-19,24-25,27H,6,9-10H2,1-3H3/t18-,19+,22-,23+/m0/s1. The van der Waals surface area contributed by atoms with Gasteiger partial charge in [0.25, 0.3) is 0 Å². The first kappa shape index (κ1) is 20.9. The molecule has 170 valence electrons. The van der Waals surface area contributed by atoms with Gasteiger partial charge < -0.3 is 39.0 Å². The normalized spacial score (nSPS) is 29.9. The summed E-state index contributed by atoms with van der Waals surface area (Å²) in [6.45, 7) is 1.16. The number of methoxy groups -OCH3 is 2. The van der Waals surface area contributed by atoms with E-state index in [-0.39, 0.29) is 36.5 Å². The van der Waals surface area contributed by atoms with Crippen LogP contribution in [0, 0.1) is 0 Å². The van der Waals surface area contributed by atoms with Crippen molar-refractivity contribution in [2.24, 2.45) is 0 Å². The van der Waals surface area contributed by atoms with Gasteiger partial charge in [0.1, 0.15) is 23.9 Å². The van der Waals surface area contributed by atoms with Crippen molar-refractivity contribution in [3.63, 3.8) is 0 Å². The van der Waals surface area contributed by atoms with Crippen LogP contribution in [0.1, 0.15) is 28.4 Å². The van der Waals surface area contributed by atoms with Crippen LogP contribution in [0.3, 0.4) is 0 Å². The van der Waals surface area contributed by atoms with E-state index in [2.05, 4.69) is 0 Å². The quantitative estimate of drug-likeness (QED) is 0.635. The number of rotatable bonds is 3. The summed E-state index contributed by atoms with van der Waals surface area (Å²) in [5, 5.41) is 31.8. The Kier molecular flexibility index (Phi) is 4.56. The largest absolute Gasteiger partial charge is 0.493 e. The van der Waals surface area contributed by atoms with Crippen LogP contribution in [0.4, 0.5) is 0 Å². The maximum Gasteiger partial charge on any atom is 0.206 e. The van der Waals surface area contributed by atoms with Crippen LogP contribution in [0.2, 0.25) is 0 Å². The molecule has 2 aromatic rings. The van der Waals surface area contributed by atoms with Gasteiger partial charge in [-0.1, -0.05) is 0 Å². The lowest BCUT2D eigenvalue weighted by Crippen LogP contribution is -2.58. The van der Waals surface area contributed by atoms with E-state index in [0.717, 1.165) is 0 Å². The molecule has 3 aliphatic rings. The molecule has 3 heterocycles. The van der Waals surface area contributed by atoms with Crippen molar-refractivity contribution >= 4 is 5.78 Å². The molecule has 32 heavy (non-hydrogen) atoms. The highest BCUT2D eigenvalue weighted by Crippen LogP contribution is 2.51. The van der Waals surface area contributed by atoms with Crippen LogP contribution < -0.4 is 23.7 Å². The average molecular weight is 444 g/mol. The highest BCUT2D eigenvalue weighted by Gasteiger charge is 2.57. The SMILES string of the molecule is COc1cc2c(cc1OC)[C@]1(O)C(=O)c3ccc4c(c3O[C@@H]1CO2)C[C@H](O)[C@](C)(CO)O4. The summed E-state index contributed by atoms with van der Waals surface area (Å²) >= 11 is 0. The van der Waals surface area contributed by atoms with Gasteiger partial charge in [-0.3, -0.25) is 4.79 Å². The molecule has 0 saturated heterocycles. The van der Waals surface area contributed by atoms with E-state index in [1.165, 1.54) is 26.4 Å². The second-order valence-corrected chi connectivity index (χ2v) is 8.43. The van der Waals surface area contributed by atoms with E-state index in [1.54, 1.807) is 19.1 Å². The molecule has 2 aromatic carbocycles. The Hall–Kier alpha value is -3.01. The smallest absolute Gasteiger partial charge is 0.206 e. The zero-order chi connectivity index (χ0) is 22.8. The molecule has 0 radical (unpaired) electrons. The lowest BCUT2D eigenvalue weighted by Gasteiger charge is -2.45. The van der Waals surface area contributed by atoms with E-state index in [4.69, 9.17) is 23.7 Å². The molecule has 4 atom stereocenters. The number of benzene rings is 2. The first-order valence-corrected chi connectivity index (χ1v) is 10.2. The summed E-state index contributed by atoms with van der Waals surface area (Å²) < 4.78 is 28.4. The third-order valence-electron chi connectivity index (χ3n) is 6.58. The maximum absolute atomic E-state index is 13.6. The molecule has 3 N–H and O–H groups in total. The molecule has 5 rings (SSSR count). The highest BCUT2D eigenvalue weighted by molar-refractivity contribution is 6.07. The van der Waals surface area contributed by atoms with E-state index in [0.29, 0.717) is 28.6 Å². The van der Waals surface area contributed by atoms with Crippen LogP contribution in [0.5, 0.6) is 28.7 Å². The number of fused-ring (bicyclic) bond motifs is 6. The summed E-state index contributed by atoms with van der Waals surface area (Å²) in [6, 6.07) is 6.20. The Balaban J connectivity index is 1.63. The van der Waals surface area contributed by atoms with Gasteiger partial charge in [-0.2, -0.15) is 0 Å². The maximum atomic E-state index is 13.6. The molecule has 0 aromatic heterocycles. The lowest BCUT2D eigenvalue weighted by molar-refractivity contribution is -0.0908. The van der Waals surface area contributed by atoms with Crippen molar-refractivity contribution in [3.8, 4) is 28.7 Å². The Morgan fingerprint density at radius 1 is 1.16 bits per heavy atom. The zero-order valence-electron chi connectivity index (χ0n) is 17.9. The third-order valence-corrected chi connectivity index (χ3v) is 6.58. The molecule has 9 nitrogen and oxygen atoms in total. The first-order valence-electron chi connectivity index (χ1n) is 10.2. The molecule has 0 saturated carbocycles. The van der Waals surface area contributed by atoms with Gasteiger partial charge in [0.05, 0.1) is 32.5 Å². The van der Waals surface area contributed by atoms with E-state index < -0.39 is 29.2 Å². The van der Waals surface area contributed by atoms with Crippen molar-refractivity contribution in [2.45, 2.75) is 36.8 Å². The summed E-state index contributed by atoms with van der Waals surface area (Å²) in [7, 11) is 2.94. The molecule has 0 spiro atoms. The van der Waals surface area contributed by atoms with Gasteiger partial charge in [0, 0.05) is 23.6 Å². The van der Waals surface area contributed by atoms with Gasteiger partial charge in [0.15, 0.2) is 28.8 Å². The number of ether oxygens (including phenoxy) is 5. The van der Waals surface area contributed by atoms with Crippen LogP contribution in [-0.2, 0) is 12.0 Å².